The molecule has 34 heavy (non-hydrogen) atoms. The summed E-state index contributed by atoms with van der Waals surface area (Å²) in [5.41, 5.74) is 2.60. The minimum Gasteiger partial charge on any atom is -0.351 e. The van der Waals surface area contributed by atoms with Gasteiger partial charge in [0, 0.05) is 62.1 Å². The number of anilines is 2. The molecule has 1 aliphatic heterocycles. The zero-order chi connectivity index (χ0) is 23.8. The van der Waals surface area contributed by atoms with E-state index >= 15 is 0 Å². The molecule has 2 heterocycles. The maximum Gasteiger partial charge on any atom is 0.251 e. The molecule has 4 rings (SSSR count). The van der Waals surface area contributed by atoms with E-state index in [1.54, 1.807) is 30.3 Å². The number of aromatic nitrogens is 2. The van der Waals surface area contributed by atoms with Gasteiger partial charge < -0.3 is 15.5 Å². The molecule has 0 unspecified atom stereocenters. The van der Waals surface area contributed by atoms with E-state index in [9.17, 15) is 9.18 Å². The molecule has 0 radical (unpaired) electrons. The summed E-state index contributed by atoms with van der Waals surface area (Å²) in [4.78, 5) is 26.0. The largest absolute Gasteiger partial charge is 0.351 e. The summed E-state index contributed by atoms with van der Waals surface area (Å²) in [5.74, 6) is 0.147. The van der Waals surface area contributed by atoms with Crippen molar-refractivity contribution in [2.75, 3.05) is 51.1 Å². The molecule has 178 valence electrons. The molecule has 2 N–H and O–H groups in total. The molecular formula is C26H31FN6O. The van der Waals surface area contributed by atoms with Gasteiger partial charge in [-0.15, -0.1) is 0 Å². The molecule has 0 spiro atoms. The second-order valence-corrected chi connectivity index (χ2v) is 8.44. The Bertz CT molecular complexity index is 1100. The average Bonchev–Trinajstić information content (AvgIpc) is 2.85. The minimum absolute atomic E-state index is 0.101. The van der Waals surface area contributed by atoms with Crippen molar-refractivity contribution in [2.45, 2.75) is 13.3 Å². The number of carbonyl (C=O) groups is 1. The van der Waals surface area contributed by atoms with Crippen LogP contribution >= 0.6 is 0 Å². The Morgan fingerprint density at radius 1 is 0.971 bits per heavy atom. The van der Waals surface area contributed by atoms with Crippen molar-refractivity contribution in [3.63, 3.8) is 0 Å². The highest BCUT2D eigenvalue weighted by Crippen LogP contribution is 2.22. The number of benzene rings is 2. The fourth-order valence-corrected chi connectivity index (χ4v) is 4.10. The first kappa shape index (κ1) is 23.8. The predicted molar refractivity (Wildman–Crippen MR) is 133 cm³/mol. The third kappa shape index (κ3) is 6.59. The van der Waals surface area contributed by atoms with Crippen LogP contribution in [0.2, 0.25) is 0 Å². The number of halogens is 1. The standard InChI is InChI=1S/C26H31FN6O/c1-2-10-32-12-14-33(15-13-32)11-9-28-26(34)21-6-4-8-23(17-21)31-25-18-24(29-19-30-25)20-5-3-7-22(27)16-20/h3-8,16-19H,2,9-15H2,1H3,(H,28,34)(H,29,30,31). The number of hydrogen-bond donors (Lipinski definition) is 2. The topological polar surface area (TPSA) is 73.4 Å². The molecular weight excluding hydrogens is 431 g/mol. The van der Waals surface area contributed by atoms with Crippen LogP contribution in [0.1, 0.15) is 23.7 Å². The first-order chi connectivity index (χ1) is 16.6. The lowest BCUT2D eigenvalue weighted by Crippen LogP contribution is -2.48. The van der Waals surface area contributed by atoms with E-state index in [-0.39, 0.29) is 11.7 Å². The first-order valence-electron chi connectivity index (χ1n) is 11.8. The number of piperazine rings is 1. The van der Waals surface area contributed by atoms with Gasteiger partial charge in [-0.2, -0.15) is 0 Å². The van der Waals surface area contributed by atoms with Crippen molar-refractivity contribution < 1.29 is 9.18 Å². The molecule has 1 saturated heterocycles. The fourth-order valence-electron chi connectivity index (χ4n) is 4.10. The van der Waals surface area contributed by atoms with Crippen LogP contribution in [-0.2, 0) is 0 Å². The molecule has 7 nitrogen and oxygen atoms in total. The Kier molecular flexibility index (Phi) is 8.17. The SMILES string of the molecule is CCCN1CCN(CCNC(=O)c2cccc(Nc3cc(-c4cccc(F)c4)ncn3)c2)CC1. The van der Waals surface area contributed by atoms with Gasteiger partial charge in [0.25, 0.3) is 5.91 Å². The van der Waals surface area contributed by atoms with Gasteiger partial charge in [-0.3, -0.25) is 9.69 Å². The fraction of sp³-hybridized carbons (Fsp3) is 0.346. The lowest BCUT2D eigenvalue weighted by atomic mass is 10.1. The number of carbonyl (C=O) groups excluding carboxylic acids is 1. The van der Waals surface area contributed by atoms with Gasteiger partial charge in [-0.1, -0.05) is 25.1 Å². The van der Waals surface area contributed by atoms with Crippen molar-refractivity contribution >= 4 is 17.4 Å². The van der Waals surface area contributed by atoms with Gasteiger partial charge in [0.1, 0.15) is 18.0 Å². The lowest BCUT2D eigenvalue weighted by Gasteiger charge is -2.34. The molecule has 3 aromatic rings. The van der Waals surface area contributed by atoms with E-state index in [0.717, 1.165) is 45.0 Å². The molecule has 0 saturated carbocycles. The monoisotopic (exact) mass is 462 g/mol. The first-order valence-corrected chi connectivity index (χ1v) is 11.8. The highest BCUT2D eigenvalue weighted by molar-refractivity contribution is 5.95. The molecule has 1 aliphatic rings. The Hall–Kier alpha value is -3.36. The Morgan fingerprint density at radius 3 is 2.50 bits per heavy atom. The maximum atomic E-state index is 13.6. The van der Waals surface area contributed by atoms with Crippen LogP contribution < -0.4 is 10.6 Å². The molecule has 1 aromatic heterocycles. The lowest BCUT2D eigenvalue weighted by molar-refractivity contribution is 0.0936. The van der Waals surface area contributed by atoms with Gasteiger partial charge in [0.2, 0.25) is 0 Å². The summed E-state index contributed by atoms with van der Waals surface area (Å²) in [6.07, 6.45) is 2.62. The third-order valence-corrected chi connectivity index (χ3v) is 5.90. The molecule has 0 atom stereocenters. The van der Waals surface area contributed by atoms with Crippen molar-refractivity contribution in [2.24, 2.45) is 0 Å². The van der Waals surface area contributed by atoms with E-state index in [4.69, 9.17) is 0 Å². The molecule has 1 amide bonds. The van der Waals surface area contributed by atoms with Crippen LogP contribution in [0.15, 0.2) is 60.9 Å². The quantitative estimate of drug-likeness (QED) is 0.504. The summed E-state index contributed by atoms with van der Waals surface area (Å²) in [5, 5.41) is 6.23. The molecule has 1 fully saturated rings. The van der Waals surface area contributed by atoms with Gasteiger partial charge in [-0.05, 0) is 43.3 Å². The zero-order valence-corrected chi connectivity index (χ0v) is 19.5. The highest BCUT2D eigenvalue weighted by Gasteiger charge is 2.16. The van der Waals surface area contributed by atoms with Crippen molar-refractivity contribution in [3.8, 4) is 11.3 Å². The normalized spacial score (nSPS) is 14.6. The number of hydrogen-bond acceptors (Lipinski definition) is 6. The van der Waals surface area contributed by atoms with E-state index in [0.29, 0.717) is 29.2 Å². The molecule has 8 heteroatoms. The van der Waals surface area contributed by atoms with Crippen LogP contribution in [0.25, 0.3) is 11.3 Å². The summed E-state index contributed by atoms with van der Waals surface area (Å²) in [6.45, 7) is 9.14. The van der Waals surface area contributed by atoms with E-state index in [1.165, 1.54) is 24.9 Å². The van der Waals surface area contributed by atoms with Gasteiger partial charge in [-0.25, -0.2) is 14.4 Å². The molecule has 2 aromatic carbocycles. The average molecular weight is 463 g/mol. The second kappa shape index (κ2) is 11.7. The number of nitrogens with one attached hydrogen (secondary N) is 2. The van der Waals surface area contributed by atoms with Crippen molar-refractivity contribution in [1.29, 1.82) is 0 Å². The predicted octanol–water partition coefficient (Wildman–Crippen LogP) is 3.78. The summed E-state index contributed by atoms with van der Waals surface area (Å²) < 4.78 is 13.6. The number of amides is 1. The van der Waals surface area contributed by atoms with E-state index in [1.807, 2.05) is 12.1 Å². The highest BCUT2D eigenvalue weighted by atomic mass is 19.1. The van der Waals surface area contributed by atoms with E-state index < -0.39 is 0 Å². The Balaban J connectivity index is 1.31. The smallest absolute Gasteiger partial charge is 0.251 e. The Morgan fingerprint density at radius 2 is 1.74 bits per heavy atom. The van der Waals surface area contributed by atoms with Crippen LogP contribution in [-0.4, -0.2) is 71.5 Å². The molecule has 0 bridgehead atoms. The summed E-state index contributed by atoms with van der Waals surface area (Å²) >= 11 is 0. The van der Waals surface area contributed by atoms with Crippen molar-refractivity contribution in [3.05, 3.63) is 72.3 Å². The second-order valence-electron chi connectivity index (χ2n) is 8.44. The maximum absolute atomic E-state index is 13.6. The minimum atomic E-state index is -0.317. The van der Waals surface area contributed by atoms with Crippen LogP contribution in [0.4, 0.5) is 15.9 Å². The zero-order valence-electron chi connectivity index (χ0n) is 19.5. The summed E-state index contributed by atoms with van der Waals surface area (Å²) in [7, 11) is 0. The van der Waals surface area contributed by atoms with E-state index in [2.05, 4.69) is 37.3 Å². The van der Waals surface area contributed by atoms with Crippen LogP contribution in [0, 0.1) is 5.82 Å². The summed E-state index contributed by atoms with van der Waals surface area (Å²) in [6, 6.07) is 15.3. The van der Waals surface area contributed by atoms with Gasteiger partial charge in [0.15, 0.2) is 0 Å². The number of rotatable bonds is 9. The van der Waals surface area contributed by atoms with Crippen LogP contribution in [0.5, 0.6) is 0 Å². The van der Waals surface area contributed by atoms with Gasteiger partial charge in [0.05, 0.1) is 5.69 Å². The third-order valence-electron chi connectivity index (χ3n) is 5.90. The van der Waals surface area contributed by atoms with Gasteiger partial charge >= 0.3 is 0 Å². The molecule has 0 aliphatic carbocycles. The van der Waals surface area contributed by atoms with Crippen molar-refractivity contribution in [1.82, 2.24) is 25.1 Å². The van der Waals surface area contributed by atoms with Crippen LogP contribution in [0.3, 0.4) is 0 Å². The number of nitrogens with zero attached hydrogens (tertiary/aromatic N) is 4. The Labute approximate surface area is 200 Å².